The van der Waals surface area contributed by atoms with Crippen LogP contribution in [-0.2, 0) is 0 Å². The first kappa shape index (κ1) is 6.74. The summed E-state index contributed by atoms with van der Waals surface area (Å²) in [5.74, 6) is 0.418. The molecular weight excluding hydrogens is 132 g/mol. The summed E-state index contributed by atoms with van der Waals surface area (Å²) < 4.78 is 4.78. The van der Waals surface area contributed by atoms with Gasteiger partial charge in [-0.15, -0.1) is 0 Å². The molecule has 0 atom stereocenters. The predicted octanol–water partition coefficient (Wildman–Crippen LogP) is 1.21. The summed E-state index contributed by atoms with van der Waals surface area (Å²) in [5, 5.41) is 0. The van der Waals surface area contributed by atoms with Crippen LogP contribution in [0.25, 0.3) is 0 Å². The Hall–Kier alpha value is -1.38. The number of aryl methyl sites for hydroxylation is 1. The van der Waals surface area contributed by atoms with Gasteiger partial charge in [-0.1, -0.05) is 0 Å². The highest BCUT2D eigenvalue weighted by atomic mass is 16.4. The molecule has 0 spiro atoms. The van der Waals surface area contributed by atoms with Crippen molar-refractivity contribution in [3.63, 3.8) is 0 Å². The van der Waals surface area contributed by atoms with E-state index in [-0.39, 0.29) is 11.5 Å². The molecule has 0 amide bonds. The van der Waals surface area contributed by atoms with Crippen molar-refractivity contribution in [2.24, 2.45) is 0 Å². The molecule has 0 aliphatic heterocycles. The normalized spacial score (nSPS) is 9.30. The molecule has 3 nitrogen and oxygen atoms in total. The lowest BCUT2D eigenvalue weighted by molar-refractivity contribution is 0.108. The molecular formula is C7H6O3. The smallest absolute Gasteiger partial charge is 0.185 e. The minimum atomic E-state index is 0.194. The van der Waals surface area contributed by atoms with Gasteiger partial charge in [0.15, 0.2) is 24.1 Å². The number of hydrogen-bond donors (Lipinski definition) is 0. The first-order valence-corrected chi connectivity index (χ1v) is 2.78. The molecule has 0 aliphatic carbocycles. The van der Waals surface area contributed by atoms with Crippen LogP contribution < -0.4 is 0 Å². The van der Waals surface area contributed by atoms with E-state index in [9.17, 15) is 9.59 Å². The molecule has 1 aromatic rings. The van der Waals surface area contributed by atoms with Crippen LogP contribution >= 0.6 is 0 Å². The van der Waals surface area contributed by atoms with Crippen molar-refractivity contribution in [1.82, 2.24) is 0 Å². The van der Waals surface area contributed by atoms with Crippen molar-refractivity contribution in [1.29, 1.82) is 0 Å². The Labute approximate surface area is 57.6 Å². The largest absolute Gasteiger partial charge is 0.450 e. The van der Waals surface area contributed by atoms with E-state index >= 15 is 0 Å². The summed E-state index contributed by atoms with van der Waals surface area (Å²) in [4.78, 5) is 20.2. The molecule has 1 rings (SSSR count). The lowest BCUT2D eigenvalue weighted by Crippen LogP contribution is -1.74. The maximum atomic E-state index is 10.1. The van der Waals surface area contributed by atoms with Crippen LogP contribution in [0, 0.1) is 6.92 Å². The molecule has 0 saturated heterocycles. The Balaban J connectivity index is 3.15. The predicted molar refractivity (Wildman–Crippen MR) is 34.2 cm³/mol. The van der Waals surface area contributed by atoms with Crippen LogP contribution in [0.4, 0.5) is 0 Å². The molecule has 0 saturated carbocycles. The van der Waals surface area contributed by atoms with Gasteiger partial charge in [-0.2, -0.15) is 0 Å². The van der Waals surface area contributed by atoms with E-state index in [0.29, 0.717) is 18.1 Å². The van der Waals surface area contributed by atoms with Gasteiger partial charge in [0.25, 0.3) is 0 Å². The van der Waals surface area contributed by atoms with Gasteiger partial charge >= 0.3 is 0 Å². The van der Waals surface area contributed by atoms with Crippen LogP contribution in [-0.4, -0.2) is 12.6 Å². The van der Waals surface area contributed by atoms with Crippen molar-refractivity contribution < 1.29 is 14.0 Å². The Bertz CT molecular complexity index is 260. The van der Waals surface area contributed by atoms with E-state index in [1.807, 2.05) is 0 Å². The van der Waals surface area contributed by atoms with Gasteiger partial charge in [-0.25, -0.2) is 0 Å². The number of hydrogen-bond acceptors (Lipinski definition) is 3. The quantitative estimate of drug-likeness (QED) is 0.577. The second-order valence-corrected chi connectivity index (χ2v) is 1.93. The fourth-order valence-corrected chi connectivity index (χ4v) is 0.697. The minimum Gasteiger partial charge on any atom is -0.450 e. The van der Waals surface area contributed by atoms with Crippen LogP contribution in [0.1, 0.15) is 26.7 Å². The fraction of sp³-hybridized carbons (Fsp3) is 0.143. The fourth-order valence-electron chi connectivity index (χ4n) is 0.697. The van der Waals surface area contributed by atoms with Gasteiger partial charge < -0.3 is 4.42 Å². The van der Waals surface area contributed by atoms with E-state index in [2.05, 4.69) is 0 Å². The average molecular weight is 138 g/mol. The maximum absolute atomic E-state index is 10.1. The molecule has 0 radical (unpaired) electrons. The zero-order valence-electron chi connectivity index (χ0n) is 5.46. The van der Waals surface area contributed by atoms with Gasteiger partial charge in [0.1, 0.15) is 0 Å². The van der Waals surface area contributed by atoms with Gasteiger partial charge in [-0.05, 0) is 18.6 Å². The van der Waals surface area contributed by atoms with Crippen molar-refractivity contribution in [2.45, 2.75) is 6.92 Å². The van der Waals surface area contributed by atoms with Crippen molar-refractivity contribution in [3.05, 3.63) is 23.2 Å². The highest BCUT2D eigenvalue weighted by Crippen LogP contribution is 2.09. The van der Waals surface area contributed by atoms with Crippen molar-refractivity contribution >= 4 is 12.6 Å². The lowest BCUT2D eigenvalue weighted by atomic mass is 10.3. The number of rotatable bonds is 2. The van der Waals surface area contributed by atoms with E-state index in [4.69, 9.17) is 4.42 Å². The summed E-state index contributed by atoms with van der Waals surface area (Å²) in [6.07, 6.45) is 1.16. The third-order valence-electron chi connectivity index (χ3n) is 1.20. The van der Waals surface area contributed by atoms with Crippen LogP contribution in [0.15, 0.2) is 10.5 Å². The Kier molecular flexibility index (Phi) is 1.67. The Morgan fingerprint density at radius 2 is 2.10 bits per heavy atom. The van der Waals surface area contributed by atoms with Crippen LogP contribution in [0.2, 0.25) is 0 Å². The van der Waals surface area contributed by atoms with Gasteiger partial charge in [-0.3, -0.25) is 9.59 Å². The van der Waals surface area contributed by atoms with Crippen molar-refractivity contribution in [3.8, 4) is 0 Å². The first-order chi connectivity index (χ1) is 4.77. The first-order valence-electron chi connectivity index (χ1n) is 2.78. The summed E-state index contributed by atoms with van der Waals surface area (Å²) >= 11 is 0. The monoisotopic (exact) mass is 138 g/mol. The van der Waals surface area contributed by atoms with E-state index < -0.39 is 0 Å². The molecule has 0 fully saturated rings. The molecule has 0 bridgehead atoms. The van der Waals surface area contributed by atoms with Crippen LogP contribution in [0.5, 0.6) is 0 Å². The molecule has 0 aromatic carbocycles. The second-order valence-electron chi connectivity index (χ2n) is 1.93. The third-order valence-corrected chi connectivity index (χ3v) is 1.20. The molecule has 0 N–H and O–H groups in total. The Morgan fingerprint density at radius 3 is 2.40 bits per heavy atom. The molecule has 52 valence electrons. The topological polar surface area (TPSA) is 47.3 Å². The molecule has 0 aliphatic rings. The summed E-state index contributed by atoms with van der Waals surface area (Å²) in [6.45, 7) is 1.71. The van der Waals surface area contributed by atoms with Gasteiger partial charge in [0.05, 0.1) is 0 Å². The van der Waals surface area contributed by atoms with E-state index in [1.165, 1.54) is 6.07 Å². The van der Waals surface area contributed by atoms with Gasteiger partial charge in [0.2, 0.25) is 0 Å². The number of carbonyl (C=O) groups excluding carboxylic acids is 2. The third kappa shape index (κ3) is 0.978. The zero-order valence-corrected chi connectivity index (χ0v) is 5.46. The highest BCUT2D eigenvalue weighted by molar-refractivity contribution is 5.78. The highest BCUT2D eigenvalue weighted by Gasteiger charge is 2.03. The SMILES string of the molecule is Cc1cc(C=O)oc1C=O. The van der Waals surface area contributed by atoms with Gasteiger partial charge in [0, 0.05) is 0 Å². The Morgan fingerprint density at radius 1 is 1.40 bits per heavy atom. The lowest BCUT2D eigenvalue weighted by Gasteiger charge is -1.79. The summed E-state index contributed by atoms with van der Waals surface area (Å²) in [6, 6.07) is 1.52. The second kappa shape index (κ2) is 2.47. The van der Waals surface area contributed by atoms with Crippen LogP contribution in [0.3, 0.4) is 0 Å². The zero-order chi connectivity index (χ0) is 7.56. The maximum Gasteiger partial charge on any atom is 0.185 e. The molecule has 1 aromatic heterocycles. The number of aldehydes is 2. The summed E-state index contributed by atoms with van der Waals surface area (Å²) in [5.41, 5.74) is 0.692. The molecule has 10 heavy (non-hydrogen) atoms. The number of furan rings is 1. The van der Waals surface area contributed by atoms with E-state index in [0.717, 1.165) is 0 Å². The minimum absolute atomic E-state index is 0.194. The molecule has 3 heteroatoms. The number of carbonyl (C=O) groups is 2. The molecule has 0 unspecified atom stereocenters. The van der Waals surface area contributed by atoms with Crippen molar-refractivity contribution in [2.75, 3.05) is 0 Å². The average Bonchev–Trinajstić information content (AvgIpc) is 2.30. The standard InChI is InChI=1S/C7H6O3/c1-5-2-6(3-8)10-7(5)4-9/h2-4H,1H3. The summed E-state index contributed by atoms with van der Waals surface area (Å²) in [7, 11) is 0. The van der Waals surface area contributed by atoms with E-state index in [1.54, 1.807) is 6.92 Å². The molecule has 1 heterocycles.